The highest BCUT2D eigenvalue weighted by molar-refractivity contribution is 6.30. The molecule has 0 bridgehead atoms. The Balaban J connectivity index is 2.45. The van der Waals surface area contributed by atoms with Crippen LogP contribution < -0.4 is 5.32 Å². The third-order valence-corrected chi connectivity index (χ3v) is 2.61. The van der Waals surface area contributed by atoms with E-state index in [0.717, 1.165) is 6.54 Å². The summed E-state index contributed by atoms with van der Waals surface area (Å²) >= 11 is 5.89. The molecular formula is C12H13ClN4. The van der Waals surface area contributed by atoms with Crippen molar-refractivity contribution in [2.45, 2.75) is 13.8 Å². The summed E-state index contributed by atoms with van der Waals surface area (Å²) in [6.07, 6.45) is 1.75. The van der Waals surface area contributed by atoms with Crippen LogP contribution in [0.15, 0.2) is 18.3 Å². The zero-order valence-electron chi connectivity index (χ0n) is 9.74. The van der Waals surface area contributed by atoms with Gasteiger partial charge in [0.05, 0.1) is 0 Å². The summed E-state index contributed by atoms with van der Waals surface area (Å²) in [7, 11) is 0. The molecule has 2 heterocycles. The number of nitrogens with zero attached hydrogens (tertiary/aromatic N) is 3. The van der Waals surface area contributed by atoms with Crippen LogP contribution in [0.25, 0.3) is 5.65 Å². The molecule has 0 aromatic carbocycles. The molecule has 2 aromatic rings. The number of halogens is 1. The number of fused-ring (bicyclic) bond motifs is 1. The predicted molar refractivity (Wildman–Crippen MR) is 68.2 cm³/mol. The van der Waals surface area contributed by atoms with Crippen LogP contribution in [0.4, 0.5) is 5.82 Å². The van der Waals surface area contributed by atoms with Crippen LogP contribution in [-0.2, 0) is 0 Å². The number of nitriles is 1. The van der Waals surface area contributed by atoms with Crippen molar-refractivity contribution in [3.63, 3.8) is 0 Å². The first-order valence-corrected chi connectivity index (χ1v) is 5.81. The van der Waals surface area contributed by atoms with Gasteiger partial charge in [-0.2, -0.15) is 5.26 Å². The number of aromatic nitrogens is 2. The predicted octanol–water partition coefficient (Wildman–Crippen LogP) is 2.93. The maximum absolute atomic E-state index is 9.16. The number of pyridine rings is 1. The summed E-state index contributed by atoms with van der Waals surface area (Å²) in [6.45, 7) is 4.99. The van der Waals surface area contributed by atoms with Crippen LogP contribution >= 0.6 is 11.6 Å². The Hall–Kier alpha value is -1.73. The molecule has 0 unspecified atom stereocenters. The molecule has 0 saturated heterocycles. The summed E-state index contributed by atoms with van der Waals surface area (Å²) in [4.78, 5) is 4.36. The number of hydrogen-bond donors (Lipinski definition) is 1. The van der Waals surface area contributed by atoms with Crippen molar-refractivity contribution >= 4 is 23.1 Å². The lowest BCUT2D eigenvalue weighted by Gasteiger charge is -2.05. The molecule has 0 spiro atoms. The number of nitrogens with one attached hydrogen (secondary N) is 1. The Kier molecular flexibility index (Phi) is 3.21. The monoisotopic (exact) mass is 248 g/mol. The van der Waals surface area contributed by atoms with Gasteiger partial charge in [0.15, 0.2) is 11.5 Å². The average Bonchev–Trinajstić information content (AvgIpc) is 2.62. The van der Waals surface area contributed by atoms with Gasteiger partial charge in [-0.1, -0.05) is 25.4 Å². The first-order valence-electron chi connectivity index (χ1n) is 5.43. The molecule has 2 aromatic heterocycles. The van der Waals surface area contributed by atoms with E-state index in [-0.39, 0.29) is 0 Å². The lowest BCUT2D eigenvalue weighted by molar-refractivity contribution is 0.687. The van der Waals surface area contributed by atoms with Crippen LogP contribution in [0, 0.1) is 17.2 Å². The number of rotatable bonds is 3. The molecule has 0 amide bonds. The zero-order chi connectivity index (χ0) is 12.4. The van der Waals surface area contributed by atoms with Gasteiger partial charge in [-0.3, -0.25) is 4.40 Å². The van der Waals surface area contributed by atoms with E-state index in [0.29, 0.717) is 28.1 Å². The Labute approximate surface area is 105 Å². The van der Waals surface area contributed by atoms with E-state index in [4.69, 9.17) is 16.9 Å². The second-order valence-electron chi connectivity index (χ2n) is 4.27. The summed E-state index contributed by atoms with van der Waals surface area (Å²) in [6, 6.07) is 5.64. The fourth-order valence-corrected chi connectivity index (χ4v) is 1.70. The molecule has 17 heavy (non-hydrogen) atoms. The number of hydrogen-bond acceptors (Lipinski definition) is 3. The van der Waals surface area contributed by atoms with Crippen molar-refractivity contribution in [2.75, 3.05) is 11.9 Å². The highest BCUT2D eigenvalue weighted by Crippen LogP contribution is 2.19. The molecule has 5 heteroatoms. The number of imidazole rings is 1. The molecule has 0 aliphatic rings. The minimum Gasteiger partial charge on any atom is -0.367 e. The van der Waals surface area contributed by atoms with Crippen LogP contribution in [0.2, 0.25) is 5.02 Å². The minimum atomic E-state index is 0.495. The molecule has 0 radical (unpaired) electrons. The van der Waals surface area contributed by atoms with Gasteiger partial charge in [-0.25, -0.2) is 4.98 Å². The number of anilines is 1. The summed E-state index contributed by atoms with van der Waals surface area (Å²) in [5.74, 6) is 1.11. The first-order chi connectivity index (χ1) is 8.11. The average molecular weight is 249 g/mol. The Bertz CT molecular complexity index is 580. The SMILES string of the molecule is CC(C)CNc1nc2cc(Cl)ccn2c1C#N. The summed E-state index contributed by atoms with van der Waals surface area (Å²) in [5, 5.41) is 12.9. The highest BCUT2D eigenvalue weighted by Gasteiger charge is 2.11. The quantitative estimate of drug-likeness (QED) is 0.909. The zero-order valence-corrected chi connectivity index (χ0v) is 10.5. The van der Waals surface area contributed by atoms with Crippen molar-refractivity contribution in [2.24, 2.45) is 5.92 Å². The van der Waals surface area contributed by atoms with Crippen molar-refractivity contribution < 1.29 is 0 Å². The topological polar surface area (TPSA) is 53.1 Å². The van der Waals surface area contributed by atoms with E-state index in [2.05, 4.69) is 30.2 Å². The van der Waals surface area contributed by atoms with Crippen LogP contribution in [0.3, 0.4) is 0 Å². The molecule has 0 aliphatic heterocycles. The fraction of sp³-hybridized carbons (Fsp3) is 0.333. The first kappa shape index (κ1) is 11.7. The molecule has 0 atom stereocenters. The molecule has 4 nitrogen and oxygen atoms in total. The Morgan fingerprint density at radius 3 is 3.00 bits per heavy atom. The van der Waals surface area contributed by atoms with Gasteiger partial charge in [0.2, 0.25) is 0 Å². The van der Waals surface area contributed by atoms with E-state index in [1.54, 1.807) is 22.7 Å². The summed E-state index contributed by atoms with van der Waals surface area (Å²) in [5.41, 5.74) is 1.19. The maximum atomic E-state index is 9.16. The molecular weight excluding hydrogens is 236 g/mol. The summed E-state index contributed by atoms with van der Waals surface area (Å²) < 4.78 is 1.73. The van der Waals surface area contributed by atoms with Gasteiger partial charge >= 0.3 is 0 Å². The lowest BCUT2D eigenvalue weighted by Crippen LogP contribution is -2.09. The van der Waals surface area contributed by atoms with Gasteiger partial charge < -0.3 is 5.32 Å². The smallest absolute Gasteiger partial charge is 0.168 e. The second-order valence-corrected chi connectivity index (χ2v) is 4.71. The van der Waals surface area contributed by atoms with Gasteiger partial charge in [-0.15, -0.1) is 0 Å². The van der Waals surface area contributed by atoms with E-state index in [1.165, 1.54) is 0 Å². The molecule has 88 valence electrons. The maximum Gasteiger partial charge on any atom is 0.168 e. The molecule has 0 saturated carbocycles. The van der Waals surface area contributed by atoms with Crippen molar-refractivity contribution in [1.29, 1.82) is 5.26 Å². The van der Waals surface area contributed by atoms with Gasteiger partial charge in [0.25, 0.3) is 0 Å². The standard InChI is InChI=1S/C12H13ClN4/c1-8(2)7-15-12-10(6-14)17-4-3-9(13)5-11(17)16-12/h3-5,8,15H,7H2,1-2H3. The van der Waals surface area contributed by atoms with Crippen LogP contribution in [0.1, 0.15) is 19.5 Å². The van der Waals surface area contributed by atoms with Crippen molar-refractivity contribution in [3.8, 4) is 6.07 Å². The largest absolute Gasteiger partial charge is 0.367 e. The van der Waals surface area contributed by atoms with E-state index >= 15 is 0 Å². The molecule has 0 aliphatic carbocycles. The third-order valence-electron chi connectivity index (χ3n) is 2.37. The molecule has 0 fully saturated rings. The molecule has 1 N–H and O–H groups in total. The minimum absolute atomic E-state index is 0.495. The lowest BCUT2D eigenvalue weighted by atomic mass is 10.2. The van der Waals surface area contributed by atoms with E-state index in [1.807, 2.05) is 0 Å². The van der Waals surface area contributed by atoms with E-state index in [9.17, 15) is 0 Å². The second kappa shape index (κ2) is 4.64. The Morgan fingerprint density at radius 2 is 2.35 bits per heavy atom. The normalized spacial score (nSPS) is 10.8. The Morgan fingerprint density at radius 1 is 1.59 bits per heavy atom. The van der Waals surface area contributed by atoms with Gasteiger partial charge in [0.1, 0.15) is 11.7 Å². The van der Waals surface area contributed by atoms with E-state index < -0.39 is 0 Å². The fourth-order valence-electron chi connectivity index (χ4n) is 1.55. The van der Waals surface area contributed by atoms with Crippen LogP contribution in [0.5, 0.6) is 0 Å². The third kappa shape index (κ3) is 2.34. The van der Waals surface area contributed by atoms with Gasteiger partial charge in [0, 0.05) is 23.8 Å². The molecule has 2 rings (SSSR count). The van der Waals surface area contributed by atoms with Crippen molar-refractivity contribution in [3.05, 3.63) is 29.0 Å². The highest BCUT2D eigenvalue weighted by atomic mass is 35.5. The van der Waals surface area contributed by atoms with Gasteiger partial charge in [-0.05, 0) is 12.0 Å². The van der Waals surface area contributed by atoms with Crippen molar-refractivity contribution in [1.82, 2.24) is 9.38 Å². The van der Waals surface area contributed by atoms with Crippen LogP contribution in [-0.4, -0.2) is 15.9 Å².